The predicted molar refractivity (Wildman–Crippen MR) is 48.3 cm³/mol. The van der Waals surface area contributed by atoms with Crippen LogP contribution in [0.3, 0.4) is 0 Å². The van der Waals surface area contributed by atoms with E-state index < -0.39 is 0 Å². The van der Waals surface area contributed by atoms with Crippen LogP contribution in [0.1, 0.15) is 25.1 Å². The Bertz CT molecular complexity index is 291. The first kappa shape index (κ1) is 9.11. The zero-order valence-corrected chi connectivity index (χ0v) is 7.94. The monoisotopic (exact) mass is 195 g/mol. The Morgan fingerprint density at radius 3 is 2.79 bits per heavy atom. The van der Waals surface area contributed by atoms with E-state index in [-0.39, 0.29) is 12.3 Å². The summed E-state index contributed by atoms with van der Waals surface area (Å²) in [5, 5.41) is 13.3. The summed E-state index contributed by atoms with van der Waals surface area (Å²) >= 11 is 0. The molecule has 1 amide bonds. The van der Waals surface area contributed by atoms with Gasteiger partial charge in [-0.15, -0.1) is 10.2 Å². The number of nitrogens with zero attached hydrogens (tertiary/aromatic N) is 4. The molecule has 0 atom stereocenters. The first-order valence-corrected chi connectivity index (χ1v) is 4.86. The molecule has 6 nitrogen and oxygen atoms in total. The normalized spacial score (nSPS) is 17.0. The van der Waals surface area contributed by atoms with E-state index in [1.165, 1.54) is 6.42 Å². The van der Waals surface area contributed by atoms with Crippen molar-refractivity contribution in [2.24, 2.45) is 0 Å². The van der Waals surface area contributed by atoms with Gasteiger partial charge >= 0.3 is 0 Å². The number of piperidine rings is 1. The van der Waals surface area contributed by atoms with Crippen LogP contribution in [0, 0.1) is 0 Å². The molecule has 1 fully saturated rings. The van der Waals surface area contributed by atoms with Gasteiger partial charge < -0.3 is 4.90 Å². The van der Waals surface area contributed by atoms with Gasteiger partial charge in [0.25, 0.3) is 0 Å². The van der Waals surface area contributed by atoms with Crippen molar-refractivity contribution in [1.29, 1.82) is 0 Å². The van der Waals surface area contributed by atoms with E-state index in [9.17, 15) is 4.79 Å². The first-order chi connectivity index (χ1) is 6.86. The molecule has 0 spiro atoms. The lowest BCUT2D eigenvalue weighted by molar-refractivity contribution is -0.131. The van der Waals surface area contributed by atoms with Crippen molar-refractivity contribution >= 4 is 5.91 Å². The number of amides is 1. The second-order valence-corrected chi connectivity index (χ2v) is 3.45. The average Bonchev–Trinajstić information content (AvgIpc) is 2.72. The summed E-state index contributed by atoms with van der Waals surface area (Å²) in [6.07, 6.45) is 3.71. The minimum absolute atomic E-state index is 0.103. The van der Waals surface area contributed by atoms with Crippen LogP contribution in [0.15, 0.2) is 0 Å². The molecular formula is C8H13N5O. The smallest absolute Gasteiger partial charge is 0.230 e. The molecule has 1 N–H and O–H groups in total. The zero-order valence-electron chi connectivity index (χ0n) is 7.94. The van der Waals surface area contributed by atoms with E-state index in [1.807, 2.05) is 4.90 Å². The second kappa shape index (κ2) is 4.17. The van der Waals surface area contributed by atoms with Crippen LogP contribution >= 0.6 is 0 Å². The lowest BCUT2D eigenvalue weighted by Gasteiger charge is -2.26. The minimum Gasteiger partial charge on any atom is -0.342 e. The van der Waals surface area contributed by atoms with Gasteiger partial charge in [0, 0.05) is 13.1 Å². The number of likely N-dealkylation sites (tertiary alicyclic amines) is 1. The number of nitrogens with one attached hydrogen (secondary N) is 1. The number of rotatable bonds is 2. The average molecular weight is 195 g/mol. The Morgan fingerprint density at radius 1 is 1.36 bits per heavy atom. The van der Waals surface area contributed by atoms with Gasteiger partial charge in [0.15, 0.2) is 5.82 Å². The van der Waals surface area contributed by atoms with Crippen LogP contribution in [0.4, 0.5) is 0 Å². The van der Waals surface area contributed by atoms with Crippen molar-refractivity contribution < 1.29 is 4.79 Å². The second-order valence-electron chi connectivity index (χ2n) is 3.45. The molecule has 1 aliphatic rings. The third-order valence-corrected chi connectivity index (χ3v) is 2.41. The maximum absolute atomic E-state index is 11.7. The zero-order chi connectivity index (χ0) is 9.80. The van der Waals surface area contributed by atoms with Crippen LogP contribution in [0.2, 0.25) is 0 Å². The van der Waals surface area contributed by atoms with E-state index >= 15 is 0 Å². The Morgan fingerprint density at radius 2 is 2.14 bits per heavy atom. The molecule has 14 heavy (non-hydrogen) atoms. The third kappa shape index (κ3) is 2.07. The van der Waals surface area contributed by atoms with E-state index in [0.29, 0.717) is 5.82 Å². The van der Waals surface area contributed by atoms with Gasteiger partial charge in [-0.1, -0.05) is 5.21 Å². The van der Waals surface area contributed by atoms with Crippen LogP contribution in [-0.4, -0.2) is 44.5 Å². The summed E-state index contributed by atoms with van der Waals surface area (Å²) < 4.78 is 0. The lowest BCUT2D eigenvalue weighted by Crippen LogP contribution is -2.36. The Kier molecular flexibility index (Phi) is 2.71. The van der Waals surface area contributed by atoms with Crippen molar-refractivity contribution in [2.75, 3.05) is 13.1 Å². The summed E-state index contributed by atoms with van der Waals surface area (Å²) in [5.41, 5.74) is 0. The van der Waals surface area contributed by atoms with Crippen LogP contribution in [-0.2, 0) is 11.2 Å². The topological polar surface area (TPSA) is 74.8 Å². The number of hydrogen-bond acceptors (Lipinski definition) is 4. The number of carbonyl (C=O) groups is 1. The Labute approximate surface area is 81.7 Å². The number of H-pyrrole nitrogens is 1. The molecule has 1 aliphatic heterocycles. The van der Waals surface area contributed by atoms with Gasteiger partial charge in [-0.05, 0) is 19.3 Å². The number of aromatic amines is 1. The standard InChI is InChI=1S/C8H13N5O/c14-8(6-7-9-11-12-10-7)13-4-2-1-3-5-13/h1-6H2,(H,9,10,11,12). The molecule has 0 unspecified atom stereocenters. The van der Waals surface area contributed by atoms with Gasteiger partial charge in [-0.25, -0.2) is 0 Å². The van der Waals surface area contributed by atoms with Crippen molar-refractivity contribution in [3.05, 3.63) is 5.82 Å². The molecule has 2 heterocycles. The van der Waals surface area contributed by atoms with Gasteiger partial charge in [0.05, 0.1) is 6.42 Å². The van der Waals surface area contributed by atoms with Gasteiger partial charge in [0.1, 0.15) is 0 Å². The summed E-state index contributed by atoms with van der Waals surface area (Å²) in [6.45, 7) is 1.74. The lowest BCUT2D eigenvalue weighted by atomic mass is 10.1. The number of tetrazole rings is 1. The molecular weight excluding hydrogens is 182 g/mol. The molecule has 0 saturated carbocycles. The highest BCUT2D eigenvalue weighted by Gasteiger charge is 2.17. The van der Waals surface area contributed by atoms with E-state index in [1.54, 1.807) is 0 Å². The van der Waals surface area contributed by atoms with Crippen molar-refractivity contribution in [3.63, 3.8) is 0 Å². The molecule has 6 heteroatoms. The maximum atomic E-state index is 11.7. The SMILES string of the molecule is O=C(Cc1nn[nH]n1)N1CCCCC1. The number of aromatic nitrogens is 4. The van der Waals surface area contributed by atoms with Crippen molar-refractivity contribution in [3.8, 4) is 0 Å². The van der Waals surface area contributed by atoms with Crippen molar-refractivity contribution in [1.82, 2.24) is 25.5 Å². The molecule has 76 valence electrons. The molecule has 1 saturated heterocycles. The Hall–Kier alpha value is -1.46. The Balaban J connectivity index is 1.88. The van der Waals surface area contributed by atoms with E-state index in [4.69, 9.17) is 0 Å². The fraction of sp³-hybridized carbons (Fsp3) is 0.750. The summed E-state index contributed by atoms with van der Waals surface area (Å²) in [5.74, 6) is 0.576. The molecule has 0 aromatic carbocycles. The summed E-state index contributed by atoms with van der Waals surface area (Å²) in [7, 11) is 0. The fourth-order valence-corrected chi connectivity index (χ4v) is 1.65. The van der Waals surface area contributed by atoms with Crippen LogP contribution in [0.25, 0.3) is 0 Å². The predicted octanol–water partition coefficient (Wildman–Crippen LogP) is -0.245. The highest BCUT2D eigenvalue weighted by Crippen LogP contribution is 2.09. The number of hydrogen-bond donors (Lipinski definition) is 1. The molecule has 0 bridgehead atoms. The summed E-state index contributed by atoms with van der Waals surface area (Å²) in [4.78, 5) is 13.5. The molecule has 0 radical (unpaired) electrons. The molecule has 1 aromatic rings. The third-order valence-electron chi connectivity index (χ3n) is 2.41. The van der Waals surface area contributed by atoms with Gasteiger partial charge in [-0.3, -0.25) is 4.79 Å². The molecule has 1 aromatic heterocycles. The largest absolute Gasteiger partial charge is 0.342 e. The first-order valence-electron chi connectivity index (χ1n) is 4.86. The van der Waals surface area contributed by atoms with Crippen LogP contribution < -0.4 is 0 Å². The quantitative estimate of drug-likeness (QED) is 0.706. The van der Waals surface area contributed by atoms with E-state index in [2.05, 4.69) is 20.6 Å². The number of carbonyl (C=O) groups excluding carboxylic acids is 1. The highest BCUT2D eigenvalue weighted by atomic mass is 16.2. The molecule has 2 rings (SSSR count). The molecule has 0 aliphatic carbocycles. The van der Waals surface area contributed by atoms with E-state index in [0.717, 1.165) is 25.9 Å². The summed E-state index contributed by atoms with van der Waals surface area (Å²) in [6, 6.07) is 0. The highest BCUT2D eigenvalue weighted by molar-refractivity contribution is 5.77. The van der Waals surface area contributed by atoms with Gasteiger partial charge in [-0.2, -0.15) is 5.21 Å². The fourth-order valence-electron chi connectivity index (χ4n) is 1.65. The van der Waals surface area contributed by atoms with Crippen LogP contribution in [0.5, 0.6) is 0 Å². The minimum atomic E-state index is 0.103. The van der Waals surface area contributed by atoms with Gasteiger partial charge in [0.2, 0.25) is 5.91 Å². The van der Waals surface area contributed by atoms with Crippen molar-refractivity contribution in [2.45, 2.75) is 25.7 Å². The maximum Gasteiger partial charge on any atom is 0.230 e.